The SMILES string of the molecule is CCCn1nc(C(=O)N(C)Cc2ccc(CC)cc2)ccc1=O. The molecule has 1 aromatic carbocycles. The average Bonchev–Trinajstić information content (AvgIpc) is 2.57. The molecule has 1 heterocycles. The van der Waals surface area contributed by atoms with Gasteiger partial charge in [-0.2, -0.15) is 5.10 Å². The van der Waals surface area contributed by atoms with E-state index in [0.29, 0.717) is 18.8 Å². The highest BCUT2D eigenvalue weighted by atomic mass is 16.2. The molecule has 0 aliphatic heterocycles. The van der Waals surface area contributed by atoms with Crippen LogP contribution >= 0.6 is 0 Å². The molecule has 0 radical (unpaired) electrons. The van der Waals surface area contributed by atoms with Gasteiger partial charge in [0.05, 0.1) is 0 Å². The Balaban J connectivity index is 2.12. The van der Waals surface area contributed by atoms with Crippen molar-refractivity contribution >= 4 is 5.91 Å². The number of hydrogen-bond donors (Lipinski definition) is 0. The van der Waals surface area contributed by atoms with E-state index >= 15 is 0 Å². The van der Waals surface area contributed by atoms with Crippen molar-refractivity contribution in [2.75, 3.05) is 7.05 Å². The zero-order valence-corrected chi connectivity index (χ0v) is 14.0. The maximum atomic E-state index is 12.5. The van der Waals surface area contributed by atoms with Gasteiger partial charge in [-0.25, -0.2) is 4.68 Å². The lowest BCUT2D eigenvalue weighted by Crippen LogP contribution is -2.31. The Morgan fingerprint density at radius 2 is 1.74 bits per heavy atom. The molecule has 0 aliphatic carbocycles. The second-order valence-corrected chi connectivity index (χ2v) is 5.61. The van der Waals surface area contributed by atoms with Gasteiger partial charge in [-0.15, -0.1) is 0 Å². The van der Waals surface area contributed by atoms with Crippen LogP contribution in [0.1, 0.15) is 41.9 Å². The minimum absolute atomic E-state index is 0.179. The number of aromatic nitrogens is 2. The van der Waals surface area contributed by atoms with Crippen molar-refractivity contribution < 1.29 is 4.79 Å². The molecule has 122 valence electrons. The van der Waals surface area contributed by atoms with Crippen LogP contribution in [0.2, 0.25) is 0 Å². The summed E-state index contributed by atoms with van der Waals surface area (Å²) < 4.78 is 1.34. The Hall–Kier alpha value is -2.43. The van der Waals surface area contributed by atoms with Gasteiger partial charge in [0.1, 0.15) is 5.69 Å². The molecule has 0 fully saturated rings. The summed E-state index contributed by atoms with van der Waals surface area (Å²) in [6, 6.07) is 11.1. The fraction of sp³-hybridized carbons (Fsp3) is 0.389. The first kappa shape index (κ1) is 16.9. The van der Waals surface area contributed by atoms with E-state index in [2.05, 4.69) is 24.2 Å². The first-order valence-corrected chi connectivity index (χ1v) is 7.96. The minimum Gasteiger partial charge on any atom is -0.336 e. The van der Waals surface area contributed by atoms with Crippen molar-refractivity contribution in [3.8, 4) is 0 Å². The van der Waals surface area contributed by atoms with Crippen molar-refractivity contribution in [3.05, 3.63) is 63.6 Å². The van der Waals surface area contributed by atoms with Gasteiger partial charge in [0.15, 0.2) is 0 Å². The van der Waals surface area contributed by atoms with Gasteiger partial charge in [-0.1, -0.05) is 38.1 Å². The summed E-state index contributed by atoms with van der Waals surface area (Å²) in [5, 5.41) is 4.16. The Morgan fingerprint density at radius 3 is 2.35 bits per heavy atom. The summed E-state index contributed by atoms with van der Waals surface area (Å²) in [4.78, 5) is 25.8. The van der Waals surface area contributed by atoms with Crippen molar-refractivity contribution in [2.24, 2.45) is 0 Å². The van der Waals surface area contributed by atoms with Crippen LogP contribution in [0.4, 0.5) is 0 Å². The number of benzene rings is 1. The first-order chi connectivity index (χ1) is 11.0. The van der Waals surface area contributed by atoms with Crippen LogP contribution in [0.3, 0.4) is 0 Å². The van der Waals surface area contributed by atoms with Gasteiger partial charge in [0.25, 0.3) is 11.5 Å². The van der Waals surface area contributed by atoms with Crippen LogP contribution in [0.25, 0.3) is 0 Å². The number of amides is 1. The molecule has 2 aromatic rings. The molecule has 0 spiro atoms. The molecule has 0 bridgehead atoms. The van der Waals surface area contributed by atoms with E-state index in [4.69, 9.17) is 0 Å². The largest absolute Gasteiger partial charge is 0.336 e. The van der Waals surface area contributed by atoms with Crippen LogP contribution in [0.5, 0.6) is 0 Å². The average molecular weight is 313 g/mol. The molecule has 1 amide bonds. The summed E-state index contributed by atoms with van der Waals surface area (Å²) in [7, 11) is 1.74. The van der Waals surface area contributed by atoms with E-state index in [9.17, 15) is 9.59 Å². The van der Waals surface area contributed by atoms with Crippen LogP contribution in [0, 0.1) is 0 Å². The predicted molar refractivity (Wildman–Crippen MR) is 90.4 cm³/mol. The normalized spacial score (nSPS) is 10.6. The van der Waals surface area contributed by atoms with Gasteiger partial charge in [-0.3, -0.25) is 9.59 Å². The highest BCUT2D eigenvalue weighted by Gasteiger charge is 2.15. The highest BCUT2D eigenvalue weighted by molar-refractivity contribution is 5.91. The summed E-state index contributed by atoms with van der Waals surface area (Å²) in [6.07, 6.45) is 1.79. The Labute approximate surface area is 136 Å². The molecule has 5 nitrogen and oxygen atoms in total. The highest BCUT2D eigenvalue weighted by Crippen LogP contribution is 2.09. The number of rotatable bonds is 6. The fourth-order valence-electron chi connectivity index (χ4n) is 2.36. The number of nitrogens with zero attached hydrogens (tertiary/aromatic N) is 3. The van der Waals surface area contributed by atoms with Crippen molar-refractivity contribution in [1.29, 1.82) is 0 Å². The molecule has 0 saturated carbocycles. The number of carbonyl (C=O) groups is 1. The maximum Gasteiger partial charge on any atom is 0.274 e. The summed E-state index contributed by atoms with van der Waals surface area (Å²) >= 11 is 0. The second-order valence-electron chi connectivity index (χ2n) is 5.61. The van der Waals surface area contributed by atoms with Crippen LogP contribution in [-0.2, 0) is 19.5 Å². The van der Waals surface area contributed by atoms with Gasteiger partial charge >= 0.3 is 0 Å². The zero-order chi connectivity index (χ0) is 16.8. The number of carbonyl (C=O) groups excluding carboxylic acids is 1. The van der Waals surface area contributed by atoms with E-state index in [0.717, 1.165) is 18.4 Å². The van der Waals surface area contributed by atoms with Crippen LogP contribution in [0.15, 0.2) is 41.2 Å². The molecule has 0 N–H and O–H groups in total. The van der Waals surface area contributed by atoms with Crippen molar-refractivity contribution in [3.63, 3.8) is 0 Å². The summed E-state index contributed by atoms with van der Waals surface area (Å²) in [5.74, 6) is -0.186. The molecule has 0 atom stereocenters. The lowest BCUT2D eigenvalue weighted by Gasteiger charge is -2.17. The number of hydrogen-bond acceptors (Lipinski definition) is 3. The van der Waals surface area contributed by atoms with Crippen molar-refractivity contribution in [2.45, 2.75) is 39.8 Å². The monoisotopic (exact) mass is 313 g/mol. The third-order valence-corrected chi connectivity index (χ3v) is 3.72. The van der Waals surface area contributed by atoms with E-state index in [1.54, 1.807) is 11.9 Å². The third kappa shape index (κ3) is 4.28. The van der Waals surface area contributed by atoms with Gasteiger partial charge in [-0.05, 0) is 30.0 Å². The standard InChI is InChI=1S/C18H23N3O2/c1-4-12-21-17(22)11-10-16(19-21)18(23)20(3)13-15-8-6-14(5-2)7-9-15/h6-11H,4-5,12-13H2,1-3H3. The van der Waals surface area contributed by atoms with Crippen molar-refractivity contribution in [1.82, 2.24) is 14.7 Å². The van der Waals surface area contributed by atoms with Gasteiger partial charge in [0.2, 0.25) is 0 Å². The van der Waals surface area contributed by atoms with Gasteiger partial charge in [0, 0.05) is 26.2 Å². The van der Waals surface area contributed by atoms with E-state index < -0.39 is 0 Å². The van der Waals surface area contributed by atoms with Gasteiger partial charge < -0.3 is 4.90 Å². The molecule has 1 aromatic heterocycles. The van der Waals surface area contributed by atoms with E-state index in [1.807, 2.05) is 19.1 Å². The quantitative estimate of drug-likeness (QED) is 0.823. The molecule has 2 rings (SSSR count). The minimum atomic E-state index is -0.186. The van der Waals surface area contributed by atoms with E-state index in [-0.39, 0.29) is 11.5 Å². The topological polar surface area (TPSA) is 55.2 Å². The zero-order valence-electron chi connectivity index (χ0n) is 14.0. The predicted octanol–water partition coefficient (Wildman–Crippen LogP) is 2.49. The molecule has 0 saturated heterocycles. The Bertz CT molecular complexity index is 720. The fourth-order valence-corrected chi connectivity index (χ4v) is 2.36. The second kappa shape index (κ2) is 7.72. The Kier molecular flexibility index (Phi) is 5.68. The maximum absolute atomic E-state index is 12.5. The molecular weight excluding hydrogens is 290 g/mol. The smallest absolute Gasteiger partial charge is 0.274 e. The molecular formula is C18H23N3O2. The summed E-state index contributed by atoms with van der Waals surface area (Å²) in [5.41, 5.74) is 2.46. The first-order valence-electron chi connectivity index (χ1n) is 7.96. The van der Waals surface area contributed by atoms with Crippen LogP contribution < -0.4 is 5.56 Å². The molecule has 0 unspecified atom stereocenters. The third-order valence-electron chi connectivity index (χ3n) is 3.72. The lowest BCUT2D eigenvalue weighted by molar-refractivity contribution is 0.0776. The Morgan fingerprint density at radius 1 is 1.09 bits per heavy atom. The molecule has 0 aliphatic rings. The van der Waals surface area contributed by atoms with Crippen LogP contribution in [-0.4, -0.2) is 27.6 Å². The molecule has 23 heavy (non-hydrogen) atoms. The summed E-state index contributed by atoms with van der Waals surface area (Å²) in [6.45, 7) is 5.11. The lowest BCUT2D eigenvalue weighted by atomic mass is 10.1. The van der Waals surface area contributed by atoms with E-state index in [1.165, 1.54) is 22.4 Å². The molecule has 5 heteroatoms. The number of aryl methyl sites for hydroxylation is 2.